The fourth-order valence-corrected chi connectivity index (χ4v) is 3.39. The molecule has 3 nitrogen and oxygen atoms in total. The number of rotatable bonds is 1. The van der Waals surface area contributed by atoms with Crippen LogP contribution in [0, 0.1) is 5.41 Å². The van der Waals surface area contributed by atoms with Gasteiger partial charge in [0.25, 0.3) is 0 Å². The van der Waals surface area contributed by atoms with Gasteiger partial charge in [0.05, 0.1) is 5.39 Å². The van der Waals surface area contributed by atoms with Crippen LogP contribution in [0.3, 0.4) is 0 Å². The first-order valence-electron chi connectivity index (χ1n) is 6.59. The topological polar surface area (TPSA) is 29.0 Å². The zero-order chi connectivity index (χ0) is 12.6. The summed E-state index contributed by atoms with van der Waals surface area (Å²) in [5.74, 6) is 1.12. The van der Waals surface area contributed by atoms with E-state index in [0.29, 0.717) is 5.41 Å². The molecule has 2 aromatic heterocycles. The second kappa shape index (κ2) is 4.50. The Morgan fingerprint density at radius 3 is 3.00 bits per heavy atom. The highest BCUT2D eigenvalue weighted by molar-refractivity contribution is 7.16. The van der Waals surface area contributed by atoms with Crippen molar-refractivity contribution >= 4 is 27.4 Å². The average Bonchev–Trinajstić information content (AvgIpc) is 2.74. The molecule has 1 fully saturated rings. The van der Waals surface area contributed by atoms with E-state index in [1.54, 1.807) is 17.7 Å². The van der Waals surface area contributed by atoms with Crippen LogP contribution in [0.4, 0.5) is 5.82 Å². The molecular formula is C14H19N3S. The second-order valence-electron chi connectivity index (χ2n) is 5.84. The number of thiophene rings is 1. The minimum Gasteiger partial charge on any atom is -0.356 e. The Bertz CT molecular complexity index is 547. The molecule has 4 heteroatoms. The Labute approximate surface area is 112 Å². The van der Waals surface area contributed by atoms with Gasteiger partial charge >= 0.3 is 0 Å². The minimum absolute atomic E-state index is 0.468. The van der Waals surface area contributed by atoms with E-state index in [2.05, 4.69) is 40.2 Å². The van der Waals surface area contributed by atoms with Gasteiger partial charge in [-0.3, -0.25) is 0 Å². The summed E-state index contributed by atoms with van der Waals surface area (Å²) < 4.78 is 0. The molecule has 3 rings (SSSR count). The number of hydrogen-bond acceptors (Lipinski definition) is 4. The summed E-state index contributed by atoms with van der Waals surface area (Å²) in [6.45, 7) is 6.97. The molecule has 2 aromatic rings. The quantitative estimate of drug-likeness (QED) is 0.783. The third-order valence-electron chi connectivity index (χ3n) is 3.88. The molecule has 3 heterocycles. The average molecular weight is 261 g/mol. The van der Waals surface area contributed by atoms with Crippen LogP contribution in [-0.2, 0) is 0 Å². The van der Waals surface area contributed by atoms with Gasteiger partial charge in [0.1, 0.15) is 17.0 Å². The van der Waals surface area contributed by atoms with Crippen LogP contribution in [0.5, 0.6) is 0 Å². The van der Waals surface area contributed by atoms with Crippen LogP contribution < -0.4 is 4.90 Å². The molecule has 0 radical (unpaired) electrons. The van der Waals surface area contributed by atoms with Crippen molar-refractivity contribution in [2.45, 2.75) is 33.1 Å². The zero-order valence-corrected chi connectivity index (χ0v) is 11.8. The fourth-order valence-electron chi connectivity index (χ4n) is 2.66. The maximum atomic E-state index is 4.51. The largest absolute Gasteiger partial charge is 0.356 e. The first-order chi connectivity index (χ1) is 8.66. The van der Waals surface area contributed by atoms with Crippen molar-refractivity contribution < 1.29 is 0 Å². The second-order valence-corrected chi connectivity index (χ2v) is 6.74. The molecule has 0 atom stereocenters. The molecule has 0 saturated carbocycles. The molecule has 1 aliphatic rings. The summed E-state index contributed by atoms with van der Waals surface area (Å²) in [6.07, 6.45) is 5.50. The summed E-state index contributed by atoms with van der Waals surface area (Å²) in [4.78, 5) is 12.4. The Balaban J connectivity index is 1.92. The molecule has 0 spiro atoms. The third-order valence-corrected chi connectivity index (χ3v) is 4.70. The van der Waals surface area contributed by atoms with E-state index in [1.165, 1.54) is 24.6 Å². The van der Waals surface area contributed by atoms with Crippen molar-refractivity contribution in [2.75, 3.05) is 18.0 Å². The van der Waals surface area contributed by atoms with E-state index in [-0.39, 0.29) is 0 Å². The van der Waals surface area contributed by atoms with Gasteiger partial charge in [-0.2, -0.15) is 0 Å². The molecule has 0 aliphatic carbocycles. The maximum Gasteiger partial charge on any atom is 0.140 e. The SMILES string of the molecule is CC1(C)CCCN(c2ncnc3sccc23)CC1. The summed E-state index contributed by atoms with van der Waals surface area (Å²) in [6, 6.07) is 2.14. The number of nitrogens with zero attached hydrogens (tertiary/aromatic N) is 3. The highest BCUT2D eigenvalue weighted by Crippen LogP contribution is 2.33. The molecule has 96 valence electrons. The maximum absolute atomic E-state index is 4.51. The van der Waals surface area contributed by atoms with Crippen LogP contribution in [0.25, 0.3) is 10.2 Å². The van der Waals surface area contributed by atoms with Crippen LogP contribution in [0.1, 0.15) is 33.1 Å². The molecule has 0 bridgehead atoms. The number of anilines is 1. The van der Waals surface area contributed by atoms with Gasteiger partial charge in [-0.15, -0.1) is 11.3 Å². The molecule has 0 aromatic carbocycles. The lowest BCUT2D eigenvalue weighted by Gasteiger charge is -2.24. The Hall–Kier alpha value is -1.16. The van der Waals surface area contributed by atoms with Crippen LogP contribution in [0.15, 0.2) is 17.8 Å². The van der Waals surface area contributed by atoms with Gasteiger partial charge in [0.15, 0.2) is 0 Å². The van der Waals surface area contributed by atoms with Crippen molar-refractivity contribution in [1.82, 2.24) is 9.97 Å². The summed E-state index contributed by atoms with van der Waals surface area (Å²) >= 11 is 1.69. The lowest BCUT2D eigenvalue weighted by molar-refractivity contribution is 0.325. The Kier molecular flexibility index (Phi) is 2.98. The van der Waals surface area contributed by atoms with E-state index in [1.807, 2.05) is 0 Å². The van der Waals surface area contributed by atoms with Gasteiger partial charge in [0, 0.05) is 13.1 Å². The Morgan fingerprint density at radius 1 is 1.22 bits per heavy atom. The van der Waals surface area contributed by atoms with Crippen LogP contribution in [-0.4, -0.2) is 23.1 Å². The zero-order valence-electron chi connectivity index (χ0n) is 11.0. The molecule has 18 heavy (non-hydrogen) atoms. The number of hydrogen-bond donors (Lipinski definition) is 0. The minimum atomic E-state index is 0.468. The van der Waals surface area contributed by atoms with E-state index < -0.39 is 0 Å². The molecule has 0 unspecified atom stereocenters. The first-order valence-corrected chi connectivity index (χ1v) is 7.47. The van der Waals surface area contributed by atoms with Gasteiger partial charge < -0.3 is 4.90 Å². The highest BCUT2D eigenvalue weighted by atomic mass is 32.1. The van der Waals surface area contributed by atoms with Crippen molar-refractivity contribution in [3.05, 3.63) is 17.8 Å². The predicted octanol–water partition coefficient (Wildman–Crippen LogP) is 3.71. The molecule has 1 aliphatic heterocycles. The molecule has 1 saturated heterocycles. The van der Waals surface area contributed by atoms with Gasteiger partial charge in [-0.25, -0.2) is 9.97 Å². The molecular weight excluding hydrogens is 242 g/mol. The third kappa shape index (κ3) is 2.21. The summed E-state index contributed by atoms with van der Waals surface area (Å²) in [5, 5.41) is 3.31. The summed E-state index contributed by atoms with van der Waals surface area (Å²) in [5.41, 5.74) is 0.468. The van der Waals surface area contributed by atoms with E-state index in [0.717, 1.165) is 23.7 Å². The lowest BCUT2D eigenvalue weighted by atomic mass is 9.85. The van der Waals surface area contributed by atoms with Crippen LogP contribution >= 0.6 is 11.3 Å². The van der Waals surface area contributed by atoms with Crippen molar-refractivity contribution in [3.63, 3.8) is 0 Å². The monoisotopic (exact) mass is 261 g/mol. The molecule has 0 N–H and O–H groups in total. The van der Waals surface area contributed by atoms with E-state index in [9.17, 15) is 0 Å². The lowest BCUT2D eigenvalue weighted by Crippen LogP contribution is -2.26. The van der Waals surface area contributed by atoms with Crippen molar-refractivity contribution in [1.29, 1.82) is 0 Å². The fraction of sp³-hybridized carbons (Fsp3) is 0.571. The standard InChI is InChI=1S/C14H19N3S/c1-14(2)5-3-7-17(8-6-14)12-11-4-9-18-13(11)16-10-15-12/h4,9-10H,3,5-8H2,1-2H3. The summed E-state index contributed by atoms with van der Waals surface area (Å²) in [7, 11) is 0. The Morgan fingerprint density at radius 2 is 2.11 bits per heavy atom. The van der Waals surface area contributed by atoms with Gasteiger partial charge in [-0.05, 0) is 36.1 Å². The number of aromatic nitrogens is 2. The molecule has 0 amide bonds. The first kappa shape index (κ1) is 11.9. The van der Waals surface area contributed by atoms with E-state index in [4.69, 9.17) is 0 Å². The highest BCUT2D eigenvalue weighted by Gasteiger charge is 2.24. The predicted molar refractivity (Wildman–Crippen MR) is 77.3 cm³/mol. The van der Waals surface area contributed by atoms with Crippen LogP contribution in [0.2, 0.25) is 0 Å². The van der Waals surface area contributed by atoms with Crippen molar-refractivity contribution in [2.24, 2.45) is 5.41 Å². The van der Waals surface area contributed by atoms with Gasteiger partial charge in [0.2, 0.25) is 0 Å². The normalized spacial score (nSPS) is 20.0. The van der Waals surface area contributed by atoms with Gasteiger partial charge in [-0.1, -0.05) is 13.8 Å². The number of fused-ring (bicyclic) bond motifs is 1. The van der Waals surface area contributed by atoms with E-state index >= 15 is 0 Å². The smallest absolute Gasteiger partial charge is 0.140 e. The van der Waals surface area contributed by atoms with Crippen molar-refractivity contribution in [3.8, 4) is 0 Å².